The van der Waals surface area contributed by atoms with Crippen LogP contribution in [-0.4, -0.2) is 48.8 Å². The van der Waals surface area contributed by atoms with Gasteiger partial charge in [-0.3, -0.25) is 4.90 Å². The first kappa shape index (κ1) is 12.5. The van der Waals surface area contributed by atoms with Crippen molar-refractivity contribution < 1.29 is 4.39 Å². The van der Waals surface area contributed by atoms with Crippen molar-refractivity contribution in [1.29, 1.82) is 0 Å². The lowest BCUT2D eigenvalue weighted by atomic mass is 10.3. The standard InChI is InChI=1S/C7H15FN2S.ClH/c8-7(5-9)6-10-1-3-11-4-2-10;/h7H,1-6,9H2;1H. The Bertz CT molecular complexity index is 112. The van der Waals surface area contributed by atoms with E-state index in [0.29, 0.717) is 6.54 Å². The molecule has 0 aliphatic carbocycles. The summed E-state index contributed by atoms with van der Waals surface area (Å²) >= 11 is 1.94. The van der Waals surface area contributed by atoms with Crippen LogP contribution in [0.25, 0.3) is 0 Å². The Hall–Kier alpha value is 0.490. The molecule has 1 aliphatic rings. The highest BCUT2D eigenvalue weighted by Crippen LogP contribution is 2.09. The second kappa shape index (κ2) is 6.95. The summed E-state index contributed by atoms with van der Waals surface area (Å²) in [6, 6.07) is 0. The van der Waals surface area contributed by atoms with E-state index in [1.807, 2.05) is 11.8 Å². The Kier molecular flexibility index (Phi) is 7.23. The molecule has 1 heterocycles. The Morgan fingerprint density at radius 3 is 2.50 bits per heavy atom. The van der Waals surface area contributed by atoms with Gasteiger partial charge in [-0.25, -0.2) is 4.39 Å². The zero-order valence-electron chi connectivity index (χ0n) is 7.04. The first-order valence-corrected chi connectivity index (χ1v) is 5.12. The van der Waals surface area contributed by atoms with Crippen LogP contribution in [-0.2, 0) is 0 Å². The van der Waals surface area contributed by atoms with Crippen molar-refractivity contribution in [3.8, 4) is 0 Å². The van der Waals surface area contributed by atoms with Crippen LogP contribution in [0.15, 0.2) is 0 Å². The third-order valence-electron chi connectivity index (χ3n) is 1.82. The molecule has 1 rings (SSSR count). The van der Waals surface area contributed by atoms with E-state index in [9.17, 15) is 4.39 Å². The average molecular weight is 215 g/mol. The number of thioether (sulfide) groups is 1. The molecular weight excluding hydrogens is 199 g/mol. The van der Waals surface area contributed by atoms with Gasteiger partial charge in [0.1, 0.15) is 6.17 Å². The van der Waals surface area contributed by atoms with Gasteiger partial charge in [-0.15, -0.1) is 12.4 Å². The van der Waals surface area contributed by atoms with E-state index in [1.54, 1.807) is 0 Å². The molecule has 0 bridgehead atoms. The molecule has 0 amide bonds. The average Bonchev–Trinajstić information content (AvgIpc) is 2.06. The number of rotatable bonds is 3. The molecule has 2 nitrogen and oxygen atoms in total. The smallest absolute Gasteiger partial charge is 0.125 e. The Morgan fingerprint density at radius 1 is 1.42 bits per heavy atom. The number of nitrogens with two attached hydrogens (primary N) is 1. The van der Waals surface area contributed by atoms with Crippen LogP contribution >= 0.6 is 24.2 Å². The maximum absolute atomic E-state index is 12.7. The molecule has 0 saturated carbocycles. The quantitative estimate of drug-likeness (QED) is 0.752. The van der Waals surface area contributed by atoms with Crippen molar-refractivity contribution in [3.05, 3.63) is 0 Å². The van der Waals surface area contributed by atoms with Crippen molar-refractivity contribution in [3.63, 3.8) is 0 Å². The third kappa shape index (κ3) is 4.50. The molecule has 5 heteroatoms. The lowest BCUT2D eigenvalue weighted by molar-refractivity contribution is 0.209. The van der Waals surface area contributed by atoms with Crippen molar-refractivity contribution >= 4 is 24.2 Å². The molecule has 1 atom stereocenters. The van der Waals surface area contributed by atoms with Crippen LogP contribution in [0.5, 0.6) is 0 Å². The summed E-state index contributed by atoms with van der Waals surface area (Å²) in [5.41, 5.74) is 5.18. The van der Waals surface area contributed by atoms with E-state index in [0.717, 1.165) is 24.6 Å². The van der Waals surface area contributed by atoms with Crippen LogP contribution in [0.3, 0.4) is 0 Å². The summed E-state index contributed by atoms with van der Waals surface area (Å²) in [5, 5.41) is 0. The van der Waals surface area contributed by atoms with Crippen LogP contribution in [0.1, 0.15) is 0 Å². The molecule has 1 fully saturated rings. The van der Waals surface area contributed by atoms with E-state index in [2.05, 4.69) is 4.90 Å². The van der Waals surface area contributed by atoms with Crippen molar-refractivity contribution in [1.82, 2.24) is 4.90 Å². The van der Waals surface area contributed by atoms with Crippen LogP contribution in [0.2, 0.25) is 0 Å². The lowest BCUT2D eigenvalue weighted by Gasteiger charge is -2.26. The van der Waals surface area contributed by atoms with Crippen molar-refractivity contribution in [2.45, 2.75) is 6.17 Å². The molecule has 0 radical (unpaired) electrons. The summed E-state index contributed by atoms with van der Waals surface area (Å²) < 4.78 is 12.7. The second-order valence-corrected chi connectivity index (χ2v) is 3.97. The molecule has 0 spiro atoms. The minimum atomic E-state index is -0.835. The molecule has 12 heavy (non-hydrogen) atoms. The summed E-state index contributed by atoms with van der Waals surface area (Å²) in [6.45, 7) is 2.72. The minimum absolute atomic E-state index is 0. The van der Waals surface area contributed by atoms with Gasteiger partial charge in [0.05, 0.1) is 0 Å². The van der Waals surface area contributed by atoms with E-state index in [1.165, 1.54) is 0 Å². The van der Waals surface area contributed by atoms with Crippen LogP contribution in [0.4, 0.5) is 4.39 Å². The lowest BCUT2D eigenvalue weighted by Crippen LogP contribution is -2.39. The van der Waals surface area contributed by atoms with Crippen LogP contribution < -0.4 is 5.73 Å². The predicted molar refractivity (Wildman–Crippen MR) is 55.0 cm³/mol. The van der Waals surface area contributed by atoms with Crippen molar-refractivity contribution in [2.75, 3.05) is 37.7 Å². The van der Waals surface area contributed by atoms with Gasteiger partial charge in [0.15, 0.2) is 0 Å². The van der Waals surface area contributed by atoms with Gasteiger partial charge >= 0.3 is 0 Å². The fraction of sp³-hybridized carbons (Fsp3) is 1.00. The van der Waals surface area contributed by atoms with E-state index < -0.39 is 6.17 Å². The zero-order valence-corrected chi connectivity index (χ0v) is 8.67. The van der Waals surface area contributed by atoms with Gasteiger partial charge in [0.25, 0.3) is 0 Å². The SMILES string of the molecule is Cl.NCC(F)CN1CCSCC1. The van der Waals surface area contributed by atoms with Gasteiger partial charge in [0.2, 0.25) is 0 Å². The number of hydrogen-bond donors (Lipinski definition) is 1. The highest BCUT2D eigenvalue weighted by Gasteiger charge is 2.14. The maximum atomic E-state index is 12.7. The molecule has 0 aromatic heterocycles. The molecular formula is C7H16ClFN2S. The van der Waals surface area contributed by atoms with Gasteiger partial charge in [0, 0.05) is 37.7 Å². The van der Waals surface area contributed by atoms with E-state index >= 15 is 0 Å². The van der Waals surface area contributed by atoms with Gasteiger partial charge < -0.3 is 5.73 Å². The summed E-state index contributed by atoms with van der Waals surface area (Å²) in [4.78, 5) is 2.15. The maximum Gasteiger partial charge on any atom is 0.125 e. The number of halogens is 2. The largest absolute Gasteiger partial charge is 0.328 e. The first-order chi connectivity index (χ1) is 5.33. The van der Waals surface area contributed by atoms with E-state index in [4.69, 9.17) is 5.73 Å². The molecule has 0 aromatic carbocycles. The Morgan fingerprint density at radius 2 is 2.00 bits per heavy atom. The molecule has 1 saturated heterocycles. The van der Waals surface area contributed by atoms with Gasteiger partial charge in [-0.2, -0.15) is 11.8 Å². The highest BCUT2D eigenvalue weighted by atomic mass is 35.5. The van der Waals surface area contributed by atoms with E-state index in [-0.39, 0.29) is 19.0 Å². The zero-order chi connectivity index (χ0) is 8.10. The first-order valence-electron chi connectivity index (χ1n) is 3.97. The fourth-order valence-electron chi connectivity index (χ4n) is 1.14. The number of nitrogens with zero attached hydrogens (tertiary/aromatic N) is 1. The summed E-state index contributed by atoms with van der Waals surface area (Å²) in [6.07, 6.45) is -0.835. The molecule has 2 N–H and O–H groups in total. The van der Waals surface area contributed by atoms with Gasteiger partial charge in [-0.1, -0.05) is 0 Å². The Labute approximate surface area is 83.5 Å². The minimum Gasteiger partial charge on any atom is -0.328 e. The molecule has 1 aliphatic heterocycles. The molecule has 0 aromatic rings. The van der Waals surface area contributed by atoms with Crippen LogP contribution in [0, 0.1) is 0 Å². The number of alkyl halides is 1. The summed E-state index contributed by atoms with van der Waals surface area (Å²) in [5.74, 6) is 2.27. The normalized spacial score (nSPS) is 21.5. The highest BCUT2D eigenvalue weighted by molar-refractivity contribution is 7.99. The Balaban J connectivity index is 0.00000121. The summed E-state index contributed by atoms with van der Waals surface area (Å²) in [7, 11) is 0. The fourth-order valence-corrected chi connectivity index (χ4v) is 2.12. The molecule has 1 unspecified atom stereocenters. The topological polar surface area (TPSA) is 29.3 Å². The third-order valence-corrected chi connectivity index (χ3v) is 2.76. The van der Waals surface area contributed by atoms with Gasteiger partial charge in [-0.05, 0) is 0 Å². The second-order valence-electron chi connectivity index (χ2n) is 2.75. The predicted octanol–water partition coefficient (Wildman–Crippen LogP) is 0.754. The van der Waals surface area contributed by atoms with Crippen molar-refractivity contribution in [2.24, 2.45) is 5.73 Å². The number of hydrogen-bond acceptors (Lipinski definition) is 3. The molecule has 74 valence electrons. The monoisotopic (exact) mass is 214 g/mol.